The average molecular weight is 443 g/mol. The van der Waals surface area contributed by atoms with Crippen LogP contribution in [0.15, 0.2) is 64.8 Å². The molecule has 0 saturated carbocycles. The topological polar surface area (TPSA) is 104 Å². The van der Waals surface area contributed by atoms with Gasteiger partial charge in [-0.15, -0.1) is 0 Å². The van der Waals surface area contributed by atoms with Crippen molar-refractivity contribution in [1.29, 1.82) is 0 Å². The lowest BCUT2D eigenvalue weighted by atomic mass is 10.1. The number of amides is 2. The number of ether oxygens (including phenoxy) is 3. The van der Waals surface area contributed by atoms with Crippen LogP contribution in [0.2, 0.25) is 0 Å². The predicted molar refractivity (Wildman–Crippen MR) is 120 cm³/mol. The quantitative estimate of drug-likeness (QED) is 0.252. The Bertz CT molecular complexity index is 802. The van der Waals surface area contributed by atoms with Crippen LogP contribution in [0, 0.1) is 0 Å². The zero-order chi connectivity index (χ0) is 23.4. The molecule has 0 unspecified atom stereocenters. The summed E-state index contributed by atoms with van der Waals surface area (Å²) in [6, 6.07) is 17.8. The molecule has 0 aromatic heterocycles. The molecule has 0 radical (unpaired) electrons. The largest absolute Gasteiger partial charge is 0.494 e. The van der Waals surface area contributed by atoms with E-state index in [0.717, 1.165) is 31.5 Å². The van der Waals surface area contributed by atoms with Crippen molar-refractivity contribution in [2.24, 2.45) is 10.2 Å². The normalized spacial score (nSPS) is 10.1. The van der Waals surface area contributed by atoms with Gasteiger partial charge in [0.15, 0.2) is 0 Å². The molecule has 0 atom stereocenters. The standard InChI is InChI=1S/C18H20O2.C6H10N2O4/c19-15-17-10-12-18(13-11-17)20-14-6-2-5-9-16-7-3-1-4-8-16;1-3-11-5(9)7-8-6(10)12-4-2/h1,3-4,7-8,10-13,15H,2,5-6,9,14H2;3-4H2,1-2H3. The monoisotopic (exact) mass is 442 g/mol. The van der Waals surface area contributed by atoms with Gasteiger partial charge in [-0.2, -0.15) is 0 Å². The maximum absolute atomic E-state index is 10.5. The number of unbranched alkanes of at least 4 members (excludes halogenated alkanes) is 2. The van der Waals surface area contributed by atoms with Gasteiger partial charge in [-0.25, -0.2) is 9.59 Å². The maximum Gasteiger partial charge on any atom is 0.452 e. The molecule has 2 amide bonds. The van der Waals surface area contributed by atoms with E-state index in [1.807, 2.05) is 18.2 Å². The summed E-state index contributed by atoms with van der Waals surface area (Å²) in [5.41, 5.74) is 2.08. The first-order chi connectivity index (χ1) is 15.6. The molecule has 0 aliphatic carbocycles. The lowest BCUT2D eigenvalue weighted by Crippen LogP contribution is -2.00. The molecule has 0 N–H and O–H groups in total. The number of carbonyl (C=O) groups is 3. The summed E-state index contributed by atoms with van der Waals surface area (Å²) >= 11 is 0. The van der Waals surface area contributed by atoms with Gasteiger partial charge in [0.1, 0.15) is 12.0 Å². The van der Waals surface area contributed by atoms with E-state index in [-0.39, 0.29) is 13.2 Å². The van der Waals surface area contributed by atoms with E-state index in [0.29, 0.717) is 5.56 Å². The number of carbonyl (C=O) groups excluding carboxylic acids is 3. The molecule has 0 aliphatic rings. The number of hydrogen-bond acceptors (Lipinski definition) is 6. The molecular weight excluding hydrogens is 412 g/mol. The highest BCUT2D eigenvalue weighted by atomic mass is 16.6. The number of aldehydes is 1. The van der Waals surface area contributed by atoms with E-state index in [9.17, 15) is 14.4 Å². The highest BCUT2D eigenvalue weighted by molar-refractivity contribution is 5.74. The minimum absolute atomic E-state index is 0.195. The summed E-state index contributed by atoms with van der Waals surface area (Å²) in [5.74, 6) is 0.832. The fourth-order valence-electron chi connectivity index (χ4n) is 2.47. The molecule has 0 bridgehead atoms. The molecule has 172 valence electrons. The third-order valence-corrected chi connectivity index (χ3v) is 3.99. The second-order valence-corrected chi connectivity index (χ2v) is 6.43. The van der Waals surface area contributed by atoms with Crippen molar-refractivity contribution in [2.45, 2.75) is 39.5 Å². The van der Waals surface area contributed by atoms with E-state index in [4.69, 9.17) is 4.74 Å². The van der Waals surface area contributed by atoms with Crippen LogP contribution >= 0.6 is 0 Å². The first kappa shape index (κ1) is 26.5. The second-order valence-electron chi connectivity index (χ2n) is 6.43. The Labute approximate surface area is 188 Å². The zero-order valence-corrected chi connectivity index (χ0v) is 18.6. The molecule has 0 heterocycles. The van der Waals surface area contributed by atoms with Crippen LogP contribution in [0.25, 0.3) is 0 Å². The molecule has 2 rings (SSSR count). The second kappa shape index (κ2) is 17.2. The molecule has 8 heteroatoms. The van der Waals surface area contributed by atoms with Gasteiger partial charge in [0.2, 0.25) is 0 Å². The summed E-state index contributed by atoms with van der Waals surface area (Å²) in [6.45, 7) is 4.37. The lowest BCUT2D eigenvalue weighted by molar-refractivity contribution is 0.112. The SMILES string of the molecule is CCOC(=O)N=NC(=O)OCC.O=Cc1ccc(OCCCCCc2ccccc2)cc1. The zero-order valence-electron chi connectivity index (χ0n) is 18.6. The molecular formula is C24H30N2O6. The Morgan fingerprint density at radius 2 is 1.41 bits per heavy atom. The summed E-state index contributed by atoms with van der Waals surface area (Å²) in [4.78, 5) is 31.4. The minimum Gasteiger partial charge on any atom is -0.494 e. The van der Waals surface area contributed by atoms with Gasteiger partial charge < -0.3 is 14.2 Å². The third kappa shape index (κ3) is 12.9. The van der Waals surface area contributed by atoms with Crippen molar-refractivity contribution in [3.63, 3.8) is 0 Å². The Hall–Kier alpha value is -3.55. The average Bonchev–Trinajstić information content (AvgIpc) is 2.82. The predicted octanol–water partition coefficient (Wildman–Crippen LogP) is 6.04. The first-order valence-electron chi connectivity index (χ1n) is 10.6. The molecule has 2 aromatic rings. The summed E-state index contributed by atoms with van der Waals surface area (Å²) < 4.78 is 14.4. The Kier molecular flexibility index (Phi) is 14.2. The van der Waals surface area contributed by atoms with Gasteiger partial charge in [0.25, 0.3) is 0 Å². The van der Waals surface area contributed by atoms with Crippen molar-refractivity contribution in [2.75, 3.05) is 19.8 Å². The maximum atomic E-state index is 10.5. The van der Waals surface area contributed by atoms with Gasteiger partial charge in [-0.1, -0.05) is 40.6 Å². The van der Waals surface area contributed by atoms with Gasteiger partial charge >= 0.3 is 12.2 Å². The highest BCUT2D eigenvalue weighted by Crippen LogP contribution is 2.12. The summed E-state index contributed by atoms with van der Waals surface area (Å²) in [5, 5.41) is 5.84. The number of azo groups is 1. The van der Waals surface area contributed by atoms with Crippen LogP contribution in [-0.2, 0) is 15.9 Å². The molecule has 0 saturated heterocycles. The van der Waals surface area contributed by atoms with Gasteiger partial charge in [-0.3, -0.25) is 4.79 Å². The van der Waals surface area contributed by atoms with Crippen LogP contribution in [0.4, 0.5) is 9.59 Å². The van der Waals surface area contributed by atoms with Crippen molar-refractivity contribution in [3.05, 3.63) is 65.7 Å². The number of benzene rings is 2. The van der Waals surface area contributed by atoms with Crippen LogP contribution in [0.3, 0.4) is 0 Å². The molecule has 0 aliphatic heterocycles. The molecule has 32 heavy (non-hydrogen) atoms. The molecule has 0 fully saturated rings. The van der Waals surface area contributed by atoms with Crippen LogP contribution in [0.1, 0.15) is 49.0 Å². The Morgan fingerprint density at radius 3 is 1.94 bits per heavy atom. The van der Waals surface area contributed by atoms with Crippen LogP contribution < -0.4 is 4.74 Å². The lowest BCUT2D eigenvalue weighted by Gasteiger charge is -2.06. The highest BCUT2D eigenvalue weighted by Gasteiger charge is 2.00. The van der Waals surface area contributed by atoms with Gasteiger partial charge in [0.05, 0.1) is 19.8 Å². The molecule has 8 nitrogen and oxygen atoms in total. The van der Waals surface area contributed by atoms with Crippen molar-refractivity contribution in [3.8, 4) is 5.75 Å². The minimum atomic E-state index is -0.898. The number of aryl methyl sites for hydroxylation is 1. The summed E-state index contributed by atoms with van der Waals surface area (Å²) in [6.07, 6.45) is 3.60. The van der Waals surface area contributed by atoms with Crippen molar-refractivity contribution in [1.82, 2.24) is 0 Å². The molecule has 2 aromatic carbocycles. The Balaban J connectivity index is 0.000000368. The third-order valence-electron chi connectivity index (χ3n) is 3.99. The van der Waals surface area contributed by atoms with Gasteiger partial charge in [0, 0.05) is 5.56 Å². The Morgan fingerprint density at radius 1 is 0.812 bits per heavy atom. The number of hydrogen-bond donors (Lipinski definition) is 0. The van der Waals surface area contributed by atoms with E-state index >= 15 is 0 Å². The smallest absolute Gasteiger partial charge is 0.452 e. The van der Waals surface area contributed by atoms with Crippen LogP contribution in [-0.4, -0.2) is 38.3 Å². The molecule has 0 spiro atoms. The van der Waals surface area contributed by atoms with Crippen LogP contribution in [0.5, 0.6) is 5.75 Å². The summed E-state index contributed by atoms with van der Waals surface area (Å²) in [7, 11) is 0. The van der Waals surface area contributed by atoms with E-state index < -0.39 is 12.2 Å². The van der Waals surface area contributed by atoms with Crippen molar-refractivity contribution < 1.29 is 28.6 Å². The van der Waals surface area contributed by atoms with E-state index in [2.05, 4.69) is 44.0 Å². The van der Waals surface area contributed by atoms with Gasteiger partial charge in [-0.05, 0) is 69.4 Å². The number of rotatable bonds is 10. The van der Waals surface area contributed by atoms with E-state index in [1.165, 1.54) is 18.4 Å². The fraction of sp³-hybridized carbons (Fsp3) is 0.375. The first-order valence-corrected chi connectivity index (χ1v) is 10.6. The van der Waals surface area contributed by atoms with E-state index in [1.54, 1.807) is 26.0 Å². The number of nitrogens with zero attached hydrogens (tertiary/aromatic N) is 2. The fourth-order valence-corrected chi connectivity index (χ4v) is 2.47. The van der Waals surface area contributed by atoms with Crippen molar-refractivity contribution >= 4 is 18.5 Å².